The van der Waals surface area contributed by atoms with Gasteiger partial charge in [-0.1, -0.05) is 99.5 Å². The van der Waals surface area contributed by atoms with E-state index in [1.165, 1.54) is 0 Å². The zero-order valence-electron chi connectivity index (χ0n) is 37.0. The molecule has 0 saturated carbocycles. The highest BCUT2D eigenvalue weighted by atomic mass is 15.1. The van der Waals surface area contributed by atoms with Crippen LogP contribution < -0.4 is 81.9 Å². The molecule has 0 N–H and O–H groups in total. The molecule has 30 radical (unpaired) electrons. The third kappa shape index (κ3) is 7.52. The fourth-order valence-electron chi connectivity index (χ4n) is 8.56. The average Bonchev–Trinajstić information content (AvgIpc) is 3.71. The van der Waals surface area contributed by atoms with Gasteiger partial charge in [0.15, 0.2) is 34.9 Å². The monoisotopic (exact) mass is 855 g/mol. The minimum absolute atomic E-state index is 0.0148. The predicted molar refractivity (Wildman–Crippen MR) is 301 cm³/mol. The van der Waals surface area contributed by atoms with E-state index in [1.54, 1.807) is 6.07 Å². The van der Waals surface area contributed by atoms with Gasteiger partial charge in [-0.15, -0.1) is 49.2 Å². The summed E-state index contributed by atoms with van der Waals surface area (Å²) >= 11 is 0. The van der Waals surface area contributed by atoms with Crippen molar-refractivity contribution in [1.82, 2.24) is 34.5 Å². The van der Waals surface area contributed by atoms with E-state index in [9.17, 15) is 0 Å². The first kappa shape index (κ1) is 47.0. The Bertz CT molecular complexity index is 3640. The molecule has 0 saturated heterocycles. The fraction of sp³-hybridized carbons (Fsp3) is 0. The van der Waals surface area contributed by atoms with E-state index < -0.39 is 0 Å². The molecule has 0 bridgehead atoms. The summed E-state index contributed by atoms with van der Waals surface area (Å²) in [5.41, 5.74) is 3.62. The number of hydrogen-bond acceptors (Lipinski definition) is 6. The second-order valence-electron chi connectivity index (χ2n) is 16.4. The van der Waals surface area contributed by atoms with Crippen LogP contribution >= 0.6 is 0 Å². The average molecular weight is 853 g/mol. The lowest BCUT2D eigenvalue weighted by molar-refractivity contribution is 1.06. The molecule has 288 valence electrons. The minimum atomic E-state index is -0.0990. The maximum Gasteiger partial charge on any atom is 0.166 e. The van der Waals surface area contributed by atoms with Gasteiger partial charge < -0.3 is 4.57 Å². The van der Waals surface area contributed by atoms with Crippen molar-refractivity contribution in [2.24, 2.45) is 0 Å². The maximum atomic E-state index is 6.68. The van der Waals surface area contributed by atoms with Crippen LogP contribution in [0.1, 0.15) is 0 Å². The minimum Gasteiger partial charge on any atom is -0.309 e. The van der Waals surface area contributed by atoms with Crippen molar-refractivity contribution in [3.8, 4) is 74.0 Å². The van der Waals surface area contributed by atoms with Crippen molar-refractivity contribution in [3.05, 3.63) is 97.1 Å². The van der Waals surface area contributed by atoms with Crippen molar-refractivity contribution in [3.63, 3.8) is 0 Å². The molecular formula is C48H16B15N7. The number of aromatic nitrogens is 7. The molecule has 10 rings (SSSR count). The van der Waals surface area contributed by atoms with E-state index in [0.717, 1.165) is 21.8 Å². The third-order valence-electron chi connectivity index (χ3n) is 12.4. The molecule has 10 aromatic rings. The van der Waals surface area contributed by atoms with Gasteiger partial charge >= 0.3 is 0 Å². The first-order valence-electron chi connectivity index (χ1n) is 21.2. The summed E-state index contributed by atoms with van der Waals surface area (Å²) < 4.78 is 2.08. The molecule has 0 amide bonds. The van der Waals surface area contributed by atoms with Crippen LogP contribution in [0.5, 0.6) is 0 Å². The largest absolute Gasteiger partial charge is 0.309 e. The van der Waals surface area contributed by atoms with Crippen LogP contribution in [0.15, 0.2) is 97.1 Å². The van der Waals surface area contributed by atoms with Gasteiger partial charge in [-0.3, -0.25) is 0 Å². The lowest BCUT2D eigenvalue weighted by Crippen LogP contribution is -2.55. The van der Waals surface area contributed by atoms with Crippen LogP contribution in [-0.2, 0) is 0 Å². The van der Waals surface area contributed by atoms with Crippen LogP contribution in [0.2, 0.25) is 0 Å². The molecule has 0 spiro atoms. The lowest BCUT2D eigenvalue weighted by atomic mass is 9.60. The Morgan fingerprint density at radius 1 is 0.271 bits per heavy atom. The molecular weight excluding hydrogens is 837 g/mol. The van der Waals surface area contributed by atoms with Gasteiger partial charge in [-0.25, -0.2) is 29.9 Å². The lowest BCUT2D eigenvalue weighted by Gasteiger charge is -2.23. The summed E-state index contributed by atoms with van der Waals surface area (Å²) in [6.07, 6.45) is 0. The summed E-state index contributed by atoms with van der Waals surface area (Å²) in [7, 11) is 97.0. The number of hydrogen-bond donors (Lipinski definition) is 0. The molecule has 0 unspecified atom stereocenters. The standard InChI is InChI=1S/C48H16B15N7/c49-28-25(29(50)35(56)40(61)34(28)55)46-65-43(17-8-2-1-3-9-17)64-44(66-46)18-14-15-24(70-22-12-6-4-10-19(22)20-11-5-7-13-23(20)70)21(16-18)45-67-47(26-30(51)36(57)41(62)37(58)31(26)52)69-48(68-45)27-32(53)38(59)42(63)39(60)33(27)54/h1-16H. The summed E-state index contributed by atoms with van der Waals surface area (Å²) in [6.45, 7) is 0. The van der Waals surface area contributed by atoms with Crippen molar-refractivity contribution < 1.29 is 0 Å². The van der Waals surface area contributed by atoms with E-state index in [1.807, 2.05) is 91.0 Å². The van der Waals surface area contributed by atoms with Gasteiger partial charge in [0.25, 0.3) is 0 Å². The van der Waals surface area contributed by atoms with E-state index in [2.05, 4.69) is 4.57 Å². The van der Waals surface area contributed by atoms with Gasteiger partial charge in [0, 0.05) is 44.2 Å². The number of rotatable bonds is 7. The van der Waals surface area contributed by atoms with Gasteiger partial charge in [0.2, 0.25) is 0 Å². The molecule has 0 fully saturated rings. The molecule has 22 heteroatoms. The van der Waals surface area contributed by atoms with E-state index in [4.69, 9.17) is 148 Å². The smallest absolute Gasteiger partial charge is 0.166 e. The van der Waals surface area contributed by atoms with E-state index in [-0.39, 0.29) is 134 Å². The topological polar surface area (TPSA) is 82.3 Å². The fourth-order valence-corrected chi connectivity index (χ4v) is 8.56. The third-order valence-corrected chi connectivity index (χ3v) is 12.4. The zero-order chi connectivity index (χ0) is 49.6. The van der Waals surface area contributed by atoms with Gasteiger partial charge in [0.1, 0.15) is 118 Å². The molecule has 0 aliphatic rings. The van der Waals surface area contributed by atoms with Crippen LogP contribution in [0.4, 0.5) is 0 Å². The van der Waals surface area contributed by atoms with E-state index in [0.29, 0.717) is 22.4 Å². The van der Waals surface area contributed by atoms with Crippen LogP contribution in [-0.4, -0.2) is 152 Å². The van der Waals surface area contributed by atoms with Gasteiger partial charge in [-0.2, -0.15) is 0 Å². The van der Waals surface area contributed by atoms with Crippen molar-refractivity contribution >= 4 is 221 Å². The Labute approximate surface area is 424 Å². The first-order chi connectivity index (χ1) is 33.5. The Hall–Kier alpha value is -6.67. The molecule has 3 heterocycles. The first-order valence-corrected chi connectivity index (χ1v) is 21.2. The summed E-state index contributed by atoms with van der Waals surface area (Å²) in [4.78, 5) is 29.7. The van der Waals surface area contributed by atoms with Crippen LogP contribution in [0.25, 0.3) is 95.8 Å². The molecule has 7 aromatic carbocycles. The molecule has 7 nitrogen and oxygen atoms in total. The van der Waals surface area contributed by atoms with Gasteiger partial charge in [0.05, 0.1) is 16.7 Å². The number of nitrogens with zero attached hydrogens (tertiary/aromatic N) is 7. The number of fused-ring (bicyclic) bond motifs is 3. The van der Waals surface area contributed by atoms with Crippen molar-refractivity contribution in [2.75, 3.05) is 0 Å². The second-order valence-corrected chi connectivity index (χ2v) is 16.4. The Morgan fingerprint density at radius 2 is 0.586 bits per heavy atom. The Morgan fingerprint density at radius 3 is 1.00 bits per heavy atom. The number of para-hydroxylation sites is 2. The zero-order valence-corrected chi connectivity index (χ0v) is 37.0. The quantitative estimate of drug-likeness (QED) is 0.149. The highest BCUT2D eigenvalue weighted by molar-refractivity contribution is 6.71. The van der Waals surface area contributed by atoms with Crippen molar-refractivity contribution in [1.29, 1.82) is 0 Å². The maximum absolute atomic E-state index is 6.68. The Kier molecular flexibility index (Phi) is 12.1. The predicted octanol–water partition coefficient (Wildman–Crippen LogP) is -6.94. The SMILES string of the molecule is [B]c1c([B])c([B])c(-c2nc(-c3ccccc3)nc(-c3ccc(-n4c5ccccc5c5ccccc54)c(-c4nc(-c5c([B])c([B])c([B])c([B])c5[B])nc(-c5c([B])c([B])c([B])c([B])c5[B])n4)c3)n2)c([B])c1[B]. The number of benzene rings is 7. The summed E-state index contributed by atoms with van der Waals surface area (Å²) in [6, 6.07) is 30.7. The summed E-state index contributed by atoms with van der Waals surface area (Å²) in [5, 5.41) is 1.94. The summed E-state index contributed by atoms with van der Waals surface area (Å²) in [5.74, 6) is 0.325. The molecule has 3 aromatic heterocycles. The van der Waals surface area contributed by atoms with E-state index >= 15 is 0 Å². The van der Waals surface area contributed by atoms with Gasteiger partial charge in [-0.05, 0) is 30.3 Å². The highest BCUT2D eigenvalue weighted by Gasteiger charge is 2.25. The molecule has 0 atom stereocenters. The van der Waals surface area contributed by atoms with Crippen LogP contribution in [0.3, 0.4) is 0 Å². The molecule has 0 aliphatic heterocycles. The molecule has 0 aliphatic carbocycles. The van der Waals surface area contributed by atoms with Crippen LogP contribution in [0, 0.1) is 0 Å². The molecule has 70 heavy (non-hydrogen) atoms. The van der Waals surface area contributed by atoms with Crippen molar-refractivity contribution in [2.45, 2.75) is 0 Å². The normalized spacial score (nSPS) is 11.4. The highest BCUT2D eigenvalue weighted by Crippen LogP contribution is 2.38. The Balaban J connectivity index is 1.34. The second kappa shape index (κ2) is 17.9.